The van der Waals surface area contributed by atoms with Crippen LogP contribution in [-0.2, 0) is 10.2 Å². The van der Waals surface area contributed by atoms with Gasteiger partial charge in [-0.1, -0.05) is 38.4 Å². The summed E-state index contributed by atoms with van der Waals surface area (Å²) in [5.74, 6) is 0.946. The van der Waals surface area contributed by atoms with Gasteiger partial charge in [0.25, 0.3) is 5.91 Å². The Balaban J connectivity index is 2.14. The van der Waals surface area contributed by atoms with Crippen molar-refractivity contribution in [3.63, 3.8) is 0 Å². The van der Waals surface area contributed by atoms with Crippen molar-refractivity contribution in [3.05, 3.63) is 53.1 Å². The van der Waals surface area contributed by atoms with Gasteiger partial charge in [0.2, 0.25) is 0 Å². The van der Waals surface area contributed by atoms with E-state index in [-0.39, 0.29) is 11.3 Å². The molecule has 0 unspecified atom stereocenters. The number of carbonyl (C=O) groups excluding carboxylic acids is 1. The fourth-order valence-corrected chi connectivity index (χ4v) is 2.40. The molecule has 0 aliphatic carbocycles. The van der Waals surface area contributed by atoms with E-state index in [2.05, 4.69) is 26.1 Å². The van der Waals surface area contributed by atoms with Gasteiger partial charge in [-0.25, -0.2) is 0 Å². The van der Waals surface area contributed by atoms with E-state index in [0.717, 1.165) is 5.56 Å². The van der Waals surface area contributed by atoms with Gasteiger partial charge >= 0.3 is 0 Å². The fraction of sp³-hybridized carbons (Fsp3) is 0.350. The fourth-order valence-electron chi connectivity index (χ4n) is 2.28. The smallest absolute Gasteiger partial charge is 0.265 e. The molecule has 0 aromatic heterocycles. The van der Waals surface area contributed by atoms with Gasteiger partial charge in [0.05, 0.1) is 12.8 Å². The average Bonchev–Trinajstić information content (AvgIpc) is 2.56. The summed E-state index contributed by atoms with van der Waals surface area (Å²) in [4.78, 5) is 12.5. The van der Waals surface area contributed by atoms with Crippen LogP contribution in [0.1, 0.15) is 33.3 Å². The summed E-state index contributed by atoms with van der Waals surface area (Å²) in [6.45, 7) is 8.05. The van der Waals surface area contributed by atoms with Gasteiger partial charge in [-0.05, 0) is 54.3 Å². The van der Waals surface area contributed by atoms with E-state index in [4.69, 9.17) is 21.1 Å². The lowest BCUT2D eigenvalue weighted by molar-refractivity contribution is -0.122. The second kappa shape index (κ2) is 7.79. The van der Waals surface area contributed by atoms with Crippen LogP contribution in [0.3, 0.4) is 0 Å². The highest BCUT2D eigenvalue weighted by Gasteiger charge is 2.20. The SMILES string of the molecule is COc1ccc(C(C)(C)C)cc1NC(=O)[C@@H](C)Oc1ccc(Cl)cc1. The summed E-state index contributed by atoms with van der Waals surface area (Å²) < 4.78 is 11.0. The number of nitrogens with one attached hydrogen (secondary N) is 1. The number of rotatable bonds is 5. The molecule has 0 heterocycles. The third kappa shape index (κ3) is 5.13. The van der Waals surface area contributed by atoms with Gasteiger partial charge in [-0.2, -0.15) is 0 Å². The zero-order valence-electron chi connectivity index (χ0n) is 15.2. The van der Waals surface area contributed by atoms with E-state index < -0.39 is 6.10 Å². The van der Waals surface area contributed by atoms with E-state index in [0.29, 0.717) is 22.2 Å². The van der Waals surface area contributed by atoms with E-state index in [1.54, 1.807) is 38.3 Å². The first-order valence-electron chi connectivity index (χ1n) is 8.12. The molecule has 0 saturated heterocycles. The minimum absolute atomic E-state index is 0.0306. The molecular weight excluding hydrogens is 338 g/mol. The monoisotopic (exact) mass is 361 g/mol. The summed E-state index contributed by atoms with van der Waals surface area (Å²) >= 11 is 5.85. The van der Waals surface area contributed by atoms with Crippen molar-refractivity contribution in [2.24, 2.45) is 0 Å². The van der Waals surface area contributed by atoms with Crippen molar-refractivity contribution in [1.29, 1.82) is 0 Å². The van der Waals surface area contributed by atoms with Crippen LogP contribution in [-0.4, -0.2) is 19.1 Å². The van der Waals surface area contributed by atoms with Crippen molar-refractivity contribution in [3.8, 4) is 11.5 Å². The molecule has 1 N–H and O–H groups in total. The summed E-state index contributed by atoms with van der Waals surface area (Å²) in [5.41, 5.74) is 1.71. The van der Waals surface area contributed by atoms with Gasteiger partial charge in [0.1, 0.15) is 11.5 Å². The van der Waals surface area contributed by atoms with Crippen LogP contribution in [0.15, 0.2) is 42.5 Å². The van der Waals surface area contributed by atoms with E-state index in [9.17, 15) is 4.79 Å². The van der Waals surface area contributed by atoms with Crippen LogP contribution in [0, 0.1) is 0 Å². The highest BCUT2D eigenvalue weighted by molar-refractivity contribution is 6.30. The van der Waals surface area contributed by atoms with Gasteiger partial charge in [-0.3, -0.25) is 4.79 Å². The third-order valence-corrected chi connectivity index (χ3v) is 4.07. The second-order valence-corrected chi connectivity index (χ2v) is 7.30. The number of hydrogen-bond acceptors (Lipinski definition) is 3. The Morgan fingerprint density at radius 2 is 1.76 bits per heavy atom. The van der Waals surface area contributed by atoms with Gasteiger partial charge in [0, 0.05) is 5.02 Å². The Morgan fingerprint density at radius 3 is 2.32 bits per heavy atom. The first kappa shape index (κ1) is 19.1. The molecule has 134 valence electrons. The minimum Gasteiger partial charge on any atom is -0.495 e. The quantitative estimate of drug-likeness (QED) is 0.810. The van der Waals surface area contributed by atoms with E-state index in [1.165, 1.54) is 0 Å². The summed E-state index contributed by atoms with van der Waals surface area (Å²) in [5, 5.41) is 3.51. The zero-order chi connectivity index (χ0) is 18.6. The van der Waals surface area contributed by atoms with Gasteiger partial charge in [0.15, 0.2) is 6.10 Å². The highest BCUT2D eigenvalue weighted by Crippen LogP contribution is 2.31. The summed E-state index contributed by atoms with van der Waals surface area (Å²) in [6.07, 6.45) is -0.663. The maximum absolute atomic E-state index is 12.5. The molecule has 0 spiro atoms. The number of anilines is 1. The summed E-state index contributed by atoms with van der Waals surface area (Å²) in [7, 11) is 1.58. The summed E-state index contributed by atoms with van der Waals surface area (Å²) in [6, 6.07) is 12.7. The number of ether oxygens (including phenoxy) is 2. The molecule has 0 bridgehead atoms. The molecule has 0 fully saturated rings. The lowest BCUT2D eigenvalue weighted by Gasteiger charge is -2.22. The molecule has 2 rings (SSSR count). The molecule has 4 nitrogen and oxygen atoms in total. The van der Waals surface area contributed by atoms with Crippen molar-refractivity contribution in [1.82, 2.24) is 0 Å². The molecule has 25 heavy (non-hydrogen) atoms. The van der Waals surface area contributed by atoms with Crippen LogP contribution >= 0.6 is 11.6 Å². The Morgan fingerprint density at radius 1 is 1.12 bits per heavy atom. The van der Waals surface area contributed by atoms with E-state index >= 15 is 0 Å². The normalized spacial score (nSPS) is 12.4. The third-order valence-electron chi connectivity index (χ3n) is 3.82. The number of benzene rings is 2. The van der Waals surface area contributed by atoms with Crippen LogP contribution in [0.25, 0.3) is 0 Å². The number of hydrogen-bond donors (Lipinski definition) is 1. The standard InChI is InChI=1S/C20H24ClNO3/c1-13(25-16-9-7-15(21)8-10-16)19(23)22-17-12-14(20(2,3)4)6-11-18(17)24-5/h6-13H,1-5H3,(H,22,23)/t13-/m1/s1. The average molecular weight is 362 g/mol. The molecule has 0 saturated carbocycles. The molecule has 0 aliphatic rings. The predicted octanol–water partition coefficient (Wildman–Crippen LogP) is 5.05. The lowest BCUT2D eigenvalue weighted by Crippen LogP contribution is -2.30. The first-order valence-corrected chi connectivity index (χ1v) is 8.50. The molecule has 1 amide bonds. The van der Waals surface area contributed by atoms with Crippen molar-refractivity contribution < 1.29 is 14.3 Å². The maximum atomic E-state index is 12.5. The van der Waals surface area contributed by atoms with Crippen LogP contribution < -0.4 is 14.8 Å². The Kier molecular flexibility index (Phi) is 5.96. The number of carbonyl (C=O) groups is 1. The van der Waals surface area contributed by atoms with Crippen LogP contribution in [0.5, 0.6) is 11.5 Å². The number of methoxy groups -OCH3 is 1. The van der Waals surface area contributed by atoms with Crippen molar-refractivity contribution in [2.75, 3.05) is 12.4 Å². The lowest BCUT2D eigenvalue weighted by atomic mass is 9.87. The Bertz CT molecular complexity index is 736. The zero-order valence-corrected chi connectivity index (χ0v) is 16.0. The molecule has 2 aromatic carbocycles. The predicted molar refractivity (Wildman–Crippen MR) is 102 cm³/mol. The van der Waals surface area contributed by atoms with Gasteiger partial charge in [-0.15, -0.1) is 0 Å². The van der Waals surface area contributed by atoms with Crippen LogP contribution in [0.4, 0.5) is 5.69 Å². The Hall–Kier alpha value is -2.20. The number of amides is 1. The van der Waals surface area contributed by atoms with Crippen LogP contribution in [0.2, 0.25) is 5.02 Å². The topological polar surface area (TPSA) is 47.6 Å². The Labute approximate surface area is 154 Å². The molecule has 0 radical (unpaired) electrons. The van der Waals surface area contributed by atoms with Crippen molar-refractivity contribution >= 4 is 23.2 Å². The van der Waals surface area contributed by atoms with E-state index in [1.807, 2.05) is 18.2 Å². The largest absolute Gasteiger partial charge is 0.495 e. The molecule has 0 aliphatic heterocycles. The minimum atomic E-state index is -0.663. The molecule has 5 heteroatoms. The molecule has 1 atom stereocenters. The first-order chi connectivity index (χ1) is 11.7. The van der Waals surface area contributed by atoms with Crippen molar-refractivity contribution in [2.45, 2.75) is 39.2 Å². The number of halogens is 1. The van der Waals surface area contributed by atoms with Gasteiger partial charge < -0.3 is 14.8 Å². The highest BCUT2D eigenvalue weighted by atomic mass is 35.5. The molecular formula is C20H24ClNO3. The maximum Gasteiger partial charge on any atom is 0.265 e. The second-order valence-electron chi connectivity index (χ2n) is 6.87. The molecule has 2 aromatic rings.